The van der Waals surface area contributed by atoms with Crippen LogP contribution in [0.15, 0.2) is 24.3 Å². The van der Waals surface area contributed by atoms with Crippen molar-refractivity contribution in [2.75, 3.05) is 13.7 Å². The molecule has 2 N–H and O–H groups in total. The highest BCUT2D eigenvalue weighted by atomic mass is 16.5. The second-order valence-corrected chi connectivity index (χ2v) is 4.24. The van der Waals surface area contributed by atoms with E-state index in [1.807, 2.05) is 12.1 Å². The number of hydrogen-bond donors (Lipinski definition) is 2. The summed E-state index contributed by atoms with van der Waals surface area (Å²) in [6.45, 7) is 1.02. The number of carboxylic acids is 1. The van der Waals surface area contributed by atoms with Crippen LogP contribution >= 0.6 is 0 Å². The van der Waals surface area contributed by atoms with Gasteiger partial charge in [0, 0.05) is 25.6 Å². The van der Waals surface area contributed by atoms with Crippen molar-refractivity contribution in [3.8, 4) is 0 Å². The Labute approximate surface area is 112 Å². The lowest BCUT2D eigenvalue weighted by Gasteiger charge is -2.05. The maximum atomic E-state index is 11.8. The zero-order valence-electron chi connectivity index (χ0n) is 11.0. The predicted octanol–water partition coefficient (Wildman–Crippen LogP) is 1.82. The third kappa shape index (κ3) is 6.01. The molecule has 0 bridgehead atoms. The summed E-state index contributed by atoms with van der Waals surface area (Å²) in [6.07, 6.45) is 1.38. The molecule has 1 aromatic rings. The molecule has 0 aromatic heterocycles. The standard InChI is InChI=1S/C14H19NO4/c1-19-10-11-5-7-12(8-6-11)14(18)15-9-3-2-4-13(16)17/h5-8H,2-4,9-10H2,1H3,(H,15,18)(H,16,17). The topological polar surface area (TPSA) is 75.6 Å². The normalized spacial score (nSPS) is 10.2. The number of ether oxygens (including phenoxy) is 1. The highest BCUT2D eigenvalue weighted by molar-refractivity contribution is 5.94. The van der Waals surface area contributed by atoms with Crippen LogP contribution in [0.1, 0.15) is 35.2 Å². The molecule has 0 radical (unpaired) electrons. The van der Waals surface area contributed by atoms with E-state index in [-0.39, 0.29) is 12.3 Å². The Kier molecular flexibility index (Phi) is 6.60. The number of nitrogens with one attached hydrogen (secondary N) is 1. The van der Waals surface area contributed by atoms with Gasteiger partial charge in [-0.3, -0.25) is 9.59 Å². The molecule has 0 aliphatic rings. The summed E-state index contributed by atoms with van der Waals surface area (Å²) in [6, 6.07) is 7.20. The fourth-order valence-electron chi connectivity index (χ4n) is 1.62. The van der Waals surface area contributed by atoms with E-state index in [4.69, 9.17) is 9.84 Å². The van der Waals surface area contributed by atoms with Crippen molar-refractivity contribution in [2.45, 2.75) is 25.9 Å². The second-order valence-electron chi connectivity index (χ2n) is 4.24. The maximum absolute atomic E-state index is 11.8. The minimum absolute atomic E-state index is 0.140. The maximum Gasteiger partial charge on any atom is 0.303 e. The number of carbonyl (C=O) groups excluding carboxylic acids is 1. The molecule has 0 atom stereocenters. The molecule has 0 saturated carbocycles. The molecular formula is C14H19NO4. The number of carbonyl (C=O) groups is 2. The molecular weight excluding hydrogens is 246 g/mol. The van der Waals surface area contributed by atoms with Crippen LogP contribution in [-0.2, 0) is 16.1 Å². The molecule has 0 spiro atoms. The predicted molar refractivity (Wildman–Crippen MR) is 71.0 cm³/mol. The molecule has 1 rings (SSSR count). The van der Waals surface area contributed by atoms with E-state index in [1.54, 1.807) is 19.2 Å². The summed E-state index contributed by atoms with van der Waals surface area (Å²) >= 11 is 0. The van der Waals surface area contributed by atoms with Crippen molar-refractivity contribution in [2.24, 2.45) is 0 Å². The average molecular weight is 265 g/mol. The Hall–Kier alpha value is -1.88. The number of hydrogen-bond acceptors (Lipinski definition) is 3. The first kappa shape index (κ1) is 15.2. The van der Waals surface area contributed by atoms with Gasteiger partial charge in [0.15, 0.2) is 0 Å². The van der Waals surface area contributed by atoms with Crippen LogP contribution in [0.25, 0.3) is 0 Å². The van der Waals surface area contributed by atoms with Crippen molar-refractivity contribution in [3.63, 3.8) is 0 Å². The summed E-state index contributed by atoms with van der Waals surface area (Å²) in [5, 5.41) is 11.2. The lowest BCUT2D eigenvalue weighted by atomic mass is 10.1. The Morgan fingerprint density at radius 3 is 2.47 bits per heavy atom. The van der Waals surface area contributed by atoms with E-state index in [2.05, 4.69) is 5.32 Å². The Bertz CT molecular complexity index is 414. The van der Waals surface area contributed by atoms with E-state index in [9.17, 15) is 9.59 Å². The van der Waals surface area contributed by atoms with E-state index in [0.717, 1.165) is 5.56 Å². The molecule has 0 unspecified atom stereocenters. The molecule has 0 heterocycles. The van der Waals surface area contributed by atoms with Crippen LogP contribution in [0.2, 0.25) is 0 Å². The first-order valence-corrected chi connectivity index (χ1v) is 6.21. The summed E-state index contributed by atoms with van der Waals surface area (Å²) in [4.78, 5) is 22.1. The van der Waals surface area contributed by atoms with Gasteiger partial charge in [-0.2, -0.15) is 0 Å². The lowest BCUT2D eigenvalue weighted by Crippen LogP contribution is -2.24. The fraction of sp³-hybridized carbons (Fsp3) is 0.429. The SMILES string of the molecule is COCc1ccc(C(=O)NCCCCC(=O)O)cc1. The molecule has 0 aliphatic heterocycles. The van der Waals surface area contributed by atoms with E-state index < -0.39 is 5.97 Å². The van der Waals surface area contributed by atoms with Gasteiger partial charge in [0.25, 0.3) is 5.91 Å². The van der Waals surface area contributed by atoms with Crippen molar-refractivity contribution in [3.05, 3.63) is 35.4 Å². The molecule has 1 aromatic carbocycles. The monoisotopic (exact) mass is 265 g/mol. The van der Waals surface area contributed by atoms with Crippen molar-refractivity contribution < 1.29 is 19.4 Å². The Morgan fingerprint density at radius 1 is 1.21 bits per heavy atom. The number of rotatable bonds is 8. The smallest absolute Gasteiger partial charge is 0.303 e. The van der Waals surface area contributed by atoms with Gasteiger partial charge in [0.05, 0.1) is 6.61 Å². The Morgan fingerprint density at radius 2 is 1.89 bits per heavy atom. The quantitative estimate of drug-likeness (QED) is 0.703. The Balaban J connectivity index is 2.30. The molecule has 1 amide bonds. The summed E-state index contributed by atoms with van der Waals surface area (Å²) in [5.74, 6) is -0.945. The van der Waals surface area contributed by atoms with Crippen LogP contribution in [0.3, 0.4) is 0 Å². The first-order valence-electron chi connectivity index (χ1n) is 6.21. The molecule has 104 valence electrons. The van der Waals surface area contributed by atoms with Crippen LogP contribution in [0, 0.1) is 0 Å². The largest absolute Gasteiger partial charge is 0.481 e. The highest BCUT2D eigenvalue weighted by Crippen LogP contribution is 2.05. The molecule has 5 heteroatoms. The van der Waals surface area contributed by atoms with Crippen LogP contribution in [0.5, 0.6) is 0 Å². The minimum Gasteiger partial charge on any atom is -0.481 e. The van der Waals surface area contributed by atoms with Gasteiger partial charge < -0.3 is 15.2 Å². The van der Waals surface area contributed by atoms with Gasteiger partial charge >= 0.3 is 5.97 Å². The number of unbranched alkanes of at least 4 members (excludes halogenated alkanes) is 1. The molecule has 19 heavy (non-hydrogen) atoms. The van der Waals surface area contributed by atoms with E-state index in [1.165, 1.54) is 0 Å². The number of benzene rings is 1. The summed E-state index contributed by atoms with van der Waals surface area (Å²) in [7, 11) is 1.62. The zero-order chi connectivity index (χ0) is 14.1. The summed E-state index contributed by atoms with van der Waals surface area (Å²) in [5.41, 5.74) is 1.61. The minimum atomic E-state index is -0.806. The highest BCUT2D eigenvalue weighted by Gasteiger charge is 2.04. The number of methoxy groups -OCH3 is 1. The van der Waals surface area contributed by atoms with Gasteiger partial charge in [-0.05, 0) is 30.5 Å². The van der Waals surface area contributed by atoms with Gasteiger partial charge in [-0.1, -0.05) is 12.1 Å². The number of aliphatic carboxylic acids is 1. The van der Waals surface area contributed by atoms with Crippen molar-refractivity contribution >= 4 is 11.9 Å². The van der Waals surface area contributed by atoms with Gasteiger partial charge in [-0.25, -0.2) is 0 Å². The van der Waals surface area contributed by atoms with Crippen LogP contribution in [0.4, 0.5) is 0 Å². The zero-order valence-corrected chi connectivity index (χ0v) is 11.0. The van der Waals surface area contributed by atoms with Gasteiger partial charge in [-0.15, -0.1) is 0 Å². The van der Waals surface area contributed by atoms with Crippen LogP contribution in [-0.4, -0.2) is 30.6 Å². The van der Waals surface area contributed by atoms with Crippen molar-refractivity contribution in [1.82, 2.24) is 5.32 Å². The second kappa shape index (κ2) is 8.26. The van der Waals surface area contributed by atoms with Crippen molar-refractivity contribution in [1.29, 1.82) is 0 Å². The lowest BCUT2D eigenvalue weighted by molar-refractivity contribution is -0.137. The molecule has 0 fully saturated rings. The third-order valence-electron chi connectivity index (χ3n) is 2.63. The molecule has 0 saturated heterocycles. The van der Waals surface area contributed by atoms with Gasteiger partial charge in [0.1, 0.15) is 0 Å². The number of carboxylic acid groups (broad SMARTS) is 1. The summed E-state index contributed by atoms with van der Waals surface area (Å²) < 4.78 is 4.99. The van der Waals surface area contributed by atoms with Crippen LogP contribution < -0.4 is 5.32 Å². The molecule has 0 aliphatic carbocycles. The molecule has 5 nitrogen and oxygen atoms in total. The van der Waals surface area contributed by atoms with E-state index in [0.29, 0.717) is 31.6 Å². The number of amides is 1. The fourth-order valence-corrected chi connectivity index (χ4v) is 1.62. The van der Waals surface area contributed by atoms with Gasteiger partial charge in [0.2, 0.25) is 0 Å². The third-order valence-corrected chi connectivity index (χ3v) is 2.63. The first-order chi connectivity index (χ1) is 9.13. The average Bonchev–Trinajstić information content (AvgIpc) is 2.39. The van der Waals surface area contributed by atoms with E-state index >= 15 is 0 Å².